The zero-order valence-corrected chi connectivity index (χ0v) is 11.7. The van der Waals surface area contributed by atoms with E-state index >= 15 is 0 Å². The quantitative estimate of drug-likeness (QED) is 0.884. The topological polar surface area (TPSA) is 20.2 Å². The van der Waals surface area contributed by atoms with Gasteiger partial charge in [-0.1, -0.05) is 41.4 Å². The van der Waals surface area contributed by atoms with Gasteiger partial charge in [0.25, 0.3) is 0 Å². The molecule has 1 nitrogen and oxygen atoms in total. The molecule has 1 unspecified atom stereocenters. The lowest BCUT2D eigenvalue weighted by atomic mass is 9.96. The Kier molecular flexibility index (Phi) is 4.23. The minimum atomic E-state index is -0.636. The van der Waals surface area contributed by atoms with Gasteiger partial charge in [0.05, 0.1) is 6.10 Å². The third-order valence-corrected chi connectivity index (χ3v) is 3.56. The van der Waals surface area contributed by atoms with Gasteiger partial charge in [-0.25, -0.2) is 4.39 Å². The van der Waals surface area contributed by atoms with Gasteiger partial charge in [0.1, 0.15) is 5.82 Å². The lowest BCUT2D eigenvalue weighted by Crippen LogP contribution is -2.04. The Labute approximate surface area is 117 Å². The van der Waals surface area contributed by atoms with E-state index in [1.807, 2.05) is 32.0 Å². The highest BCUT2D eigenvalue weighted by atomic mass is 35.5. The monoisotopic (exact) mass is 278 g/mol. The highest BCUT2D eigenvalue weighted by molar-refractivity contribution is 6.31. The molecule has 3 heteroatoms. The van der Waals surface area contributed by atoms with Crippen LogP contribution in [0.25, 0.3) is 0 Å². The molecule has 0 saturated heterocycles. The molecule has 0 spiro atoms. The number of benzene rings is 2. The normalized spacial score (nSPS) is 12.5. The second kappa shape index (κ2) is 5.72. The van der Waals surface area contributed by atoms with Crippen molar-refractivity contribution in [2.24, 2.45) is 0 Å². The van der Waals surface area contributed by atoms with Crippen molar-refractivity contribution < 1.29 is 9.50 Å². The molecule has 0 saturated carbocycles. The van der Waals surface area contributed by atoms with E-state index in [-0.39, 0.29) is 5.82 Å². The van der Waals surface area contributed by atoms with Crippen molar-refractivity contribution >= 4 is 11.6 Å². The van der Waals surface area contributed by atoms with Crippen LogP contribution in [0.3, 0.4) is 0 Å². The molecule has 1 atom stereocenters. The molecule has 2 aromatic rings. The molecule has 0 fully saturated rings. The van der Waals surface area contributed by atoms with Crippen molar-refractivity contribution in [2.45, 2.75) is 26.4 Å². The second-order valence-corrected chi connectivity index (χ2v) is 5.22. The summed E-state index contributed by atoms with van der Waals surface area (Å²) in [5.41, 5.74) is 3.83. The Morgan fingerprint density at radius 2 is 1.89 bits per heavy atom. The van der Waals surface area contributed by atoms with Gasteiger partial charge in [-0.2, -0.15) is 0 Å². The molecule has 2 rings (SSSR count). The van der Waals surface area contributed by atoms with Crippen molar-refractivity contribution in [1.82, 2.24) is 0 Å². The van der Waals surface area contributed by atoms with Gasteiger partial charge in [0.2, 0.25) is 0 Å². The molecule has 19 heavy (non-hydrogen) atoms. The summed E-state index contributed by atoms with van der Waals surface area (Å²) >= 11 is 5.97. The van der Waals surface area contributed by atoms with Crippen molar-refractivity contribution in [3.63, 3.8) is 0 Å². The average Bonchev–Trinajstić information content (AvgIpc) is 2.32. The molecule has 2 aromatic carbocycles. The molecule has 0 aliphatic rings. The first-order valence-corrected chi connectivity index (χ1v) is 6.54. The Morgan fingerprint density at radius 1 is 1.16 bits per heavy atom. The molecule has 1 N–H and O–H groups in total. The molecule has 100 valence electrons. The smallest absolute Gasteiger partial charge is 0.124 e. The van der Waals surface area contributed by atoms with Gasteiger partial charge >= 0.3 is 0 Å². The zero-order valence-electron chi connectivity index (χ0n) is 11.0. The number of rotatable bonds is 3. The Morgan fingerprint density at radius 3 is 2.53 bits per heavy atom. The van der Waals surface area contributed by atoms with E-state index in [9.17, 15) is 9.50 Å². The predicted octanol–water partition coefficient (Wildman–Crippen LogP) is 4.37. The van der Waals surface area contributed by atoms with Crippen LogP contribution in [-0.4, -0.2) is 5.11 Å². The first kappa shape index (κ1) is 14.0. The molecule has 0 bridgehead atoms. The summed E-state index contributed by atoms with van der Waals surface area (Å²) in [5.74, 6) is -0.366. The van der Waals surface area contributed by atoms with Crippen LogP contribution in [0.5, 0.6) is 0 Å². The molecule has 0 radical (unpaired) electrons. The van der Waals surface area contributed by atoms with Crippen LogP contribution in [0, 0.1) is 19.7 Å². The predicted molar refractivity (Wildman–Crippen MR) is 76.0 cm³/mol. The van der Waals surface area contributed by atoms with Gasteiger partial charge in [0, 0.05) is 11.4 Å². The lowest BCUT2D eigenvalue weighted by molar-refractivity contribution is 0.177. The molecular formula is C16H16ClFO. The maximum atomic E-state index is 13.0. The van der Waals surface area contributed by atoms with Gasteiger partial charge in [-0.05, 0) is 42.7 Å². The maximum Gasteiger partial charge on any atom is 0.124 e. The SMILES string of the molecule is Cc1ccc(C(O)Cc2ccc(F)cc2Cl)c(C)c1. The summed E-state index contributed by atoms with van der Waals surface area (Å²) in [6.07, 6.45) is -0.258. The van der Waals surface area contributed by atoms with Crippen LogP contribution in [0.1, 0.15) is 28.4 Å². The summed E-state index contributed by atoms with van der Waals surface area (Å²) < 4.78 is 13.0. The minimum Gasteiger partial charge on any atom is -0.388 e. The van der Waals surface area contributed by atoms with Gasteiger partial charge in [-0.15, -0.1) is 0 Å². The van der Waals surface area contributed by atoms with E-state index in [2.05, 4.69) is 0 Å². The van der Waals surface area contributed by atoms with E-state index < -0.39 is 6.10 Å². The van der Waals surface area contributed by atoms with Crippen LogP contribution in [0.4, 0.5) is 4.39 Å². The number of halogens is 2. The van der Waals surface area contributed by atoms with Crippen LogP contribution in [0.15, 0.2) is 36.4 Å². The van der Waals surface area contributed by atoms with Crippen molar-refractivity contribution in [3.05, 3.63) is 69.5 Å². The van der Waals surface area contributed by atoms with Gasteiger partial charge < -0.3 is 5.11 Å². The number of aryl methyl sites for hydroxylation is 2. The third kappa shape index (κ3) is 3.34. The standard InChI is InChI=1S/C16H16ClFO/c1-10-3-6-14(11(2)7-10)16(19)8-12-4-5-13(18)9-15(12)17/h3-7,9,16,19H,8H2,1-2H3. The summed E-state index contributed by atoms with van der Waals surface area (Å²) in [7, 11) is 0. The highest BCUT2D eigenvalue weighted by Crippen LogP contribution is 2.26. The second-order valence-electron chi connectivity index (χ2n) is 4.82. The van der Waals surface area contributed by atoms with E-state index in [0.717, 1.165) is 22.3 Å². The van der Waals surface area contributed by atoms with E-state index in [1.54, 1.807) is 6.07 Å². The Balaban J connectivity index is 2.23. The fourth-order valence-electron chi connectivity index (χ4n) is 2.20. The average molecular weight is 279 g/mol. The first-order valence-electron chi connectivity index (χ1n) is 6.16. The van der Waals surface area contributed by atoms with Crippen molar-refractivity contribution in [3.8, 4) is 0 Å². The van der Waals surface area contributed by atoms with Crippen LogP contribution in [0.2, 0.25) is 5.02 Å². The first-order chi connectivity index (χ1) is 8.97. The summed E-state index contributed by atoms with van der Waals surface area (Å²) in [5, 5.41) is 10.6. The van der Waals surface area contributed by atoms with Crippen LogP contribution >= 0.6 is 11.6 Å². The highest BCUT2D eigenvalue weighted by Gasteiger charge is 2.13. The maximum absolute atomic E-state index is 13.0. The minimum absolute atomic E-state index is 0.351. The molecular weight excluding hydrogens is 263 g/mol. The molecule has 0 aliphatic heterocycles. The fraction of sp³-hybridized carbons (Fsp3) is 0.250. The van der Waals surface area contributed by atoms with E-state index in [4.69, 9.17) is 11.6 Å². The van der Waals surface area contributed by atoms with E-state index in [0.29, 0.717) is 11.4 Å². The summed E-state index contributed by atoms with van der Waals surface area (Å²) in [6.45, 7) is 3.98. The largest absolute Gasteiger partial charge is 0.388 e. The molecule has 0 aliphatic carbocycles. The number of aliphatic hydroxyl groups is 1. The van der Waals surface area contributed by atoms with Gasteiger partial charge in [0.15, 0.2) is 0 Å². The fourth-order valence-corrected chi connectivity index (χ4v) is 2.45. The van der Waals surface area contributed by atoms with Crippen molar-refractivity contribution in [1.29, 1.82) is 0 Å². The molecule has 0 heterocycles. The van der Waals surface area contributed by atoms with Gasteiger partial charge in [-0.3, -0.25) is 0 Å². The van der Waals surface area contributed by atoms with Crippen molar-refractivity contribution in [2.75, 3.05) is 0 Å². The summed E-state index contributed by atoms with van der Waals surface area (Å²) in [6, 6.07) is 10.2. The van der Waals surface area contributed by atoms with Crippen LogP contribution in [-0.2, 0) is 6.42 Å². The van der Waals surface area contributed by atoms with E-state index in [1.165, 1.54) is 12.1 Å². The number of hydrogen-bond donors (Lipinski definition) is 1. The zero-order chi connectivity index (χ0) is 14.0. The van der Waals surface area contributed by atoms with Crippen LogP contribution < -0.4 is 0 Å². The lowest BCUT2D eigenvalue weighted by Gasteiger charge is -2.15. The molecule has 0 amide bonds. The third-order valence-electron chi connectivity index (χ3n) is 3.21. The molecule has 0 aromatic heterocycles. The summed E-state index contributed by atoms with van der Waals surface area (Å²) in [4.78, 5) is 0. The number of aliphatic hydroxyl groups excluding tert-OH is 1. The Hall–Kier alpha value is -1.38. The Bertz CT molecular complexity index is 595. The number of hydrogen-bond acceptors (Lipinski definition) is 1.